The standard InChI is InChI=1S/C14H10BrCl2NO2/c1-20-13-5-2-8(6-10(13)15)14(19)18-12-7-9(16)3-4-11(12)17/h2-7H,1H3,(H,18,19). The predicted octanol–water partition coefficient (Wildman–Crippen LogP) is 5.02. The van der Waals surface area contributed by atoms with Crippen molar-refractivity contribution in [3.63, 3.8) is 0 Å². The smallest absolute Gasteiger partial charge is 0.255 e. The number of halogens is 3. The van der Waals surface area contributed by atoms with Crippen molar-refractivity contribution >= 4 is 50.7 Å². The summed E-state index contributed by atoms with van der Waals surface area (Å²) in [5.41, 5.74) is 0.949. The summed E-state index contributed by atoms with van der Waals surface area (Å²) in [4.78, 5) is 12.2. The number of benzene rings is 2. The zero-order chi connectivity index (χ0) is 14.7. The van der Waals surface area contributed by atoms with Crippen molar-refractivity contribution < 1.29 is 9.53 Å². The molecule has 0 heterocycles. The Kier molecular flexibility index (Phi) is 4.91. The third kappa shape index (κ3) is 3.45. The van der Waals surface area contributed by atoms with Gasteiger partial charge in [-0.3, -0.25) is 4.79 Å². The molecule has 0 atom stereocenters. The highest BCUT2D eigenvalue weighted by Gasteiger charge is 2.11. The summed E-state index contributed by atoms with van der Waals surface area (Å²) < 4.78 is 5.81. The fourth-order valence-corrected chi connectivity index (χ4v) is 2.47. The molecule has 0 bridgehead atoms. The molecule has 2 aromatic carbocycles. The Balaban J connectivity index is 2.24. The lowest BCUT2D eigenvalue weighted by atomic mass is 10.2. The van der Waals surface area contributed by atoms with E-state index >= 15 is 0 Å². The van der Waals surface area contributed by atoms with Gasteiger partial charge in [-0.2, -0.15) is 0 Å². The molecule has 2 rings (SSSR count). The Bertz CT molecular complexity index is 662. The highest BCUT2D eigenvalue weighted by atomic mass is 79.9. The molecular weight excluding hydrogens is 365 g/mol. The number of anilines is 1. The van der Waals surface area contributed by atoms with Crippen LogP contribution in [0.3, 0.4) is 0 Å². The number of carbonyl (C=O) groups excluding carboxylic acids is 1. The van der Waals surface area contributed by atoms with Gasteiger partial charge in [-0.1, -0.05) is 23.2 Å². The number of ether oxygens (including phenoxy) is 1. The molecule has 0 fully saturated rings. The molecule has 0 aliphatic carbocycles. The van der Waals surface area contributed by atoms with E-state index in [1.165, 1.54) is 0 Å². The SMILES string of the molecule is COc1ccc(C(=O)Nc2cc(Cl)ccc2Cl)cc1Br. The van der Waals surface area contributed by atoms with E-state index in [1.807, 2.05) is 0 Å². The molecule has 20 heavy (non-hydrogen) atoms. The third-order valence-electron chi connectivity index (χ3n) is 2.59. The summed E-state index contributed by atoms with van der Waals surface area (Å²) >= 11 is 15.2. The van der Waals surface area contributed by atoms with E-state index in [1.54, 1.807) is 43.5 Å². The van der Waals surface area contributed by atoms with E-state index in [9.17, 15) is 4.79 Å². The van der Waals surface area contributed by atoms with Crippen LogP contribution >= 0.6 is 39.1 Å². The van der Waals surface area contributed by atoms with Crippen LogP contribution in [-0.2, 0) is 0 Å². The second-order valence-corrected chi connectivity index (χ2v) is 5.63. The number of amides is 1. The minimum absolute atomic E-state index is 0.280. The quantitative estimate of drug-likeness (QED) is 0.819. The Morgan fingerprint density at radius 1 is 1.20 bits per heavy atom. The minimum Gasteiger partial charge on any atom is -0.496 e. The molecule has 0 radical (unpaired) electrons. The van der Waals surface area contributed by atoms with Gasteiger partial charge in [0.25, 0.3) is 5.91 Å². The summed E-state index contributed by atoms with van der Waals surface area (Å²) in [6, 6.07) is 9.93. The maximum atomic E-state index is 12.2. The molecular formula is C14H10BrCl2NO2. The van der Waals surface area contributed by atoms with Gasteiger partial charge in [0.15, 0.2) is 0 Å². The first-order valence-corrected chi connectivity index (χ1v) is 7.16. The Morgan fingerprint density at radius 3 is 2.60 bits per heavy atom. The molecule has 0 saturated heterocycles. The molecule has 2 aromatic rings. The van der Waals surface area contributed by atoms with Gasteiger partial charge in [-0.05, 0) is 52.3 Å². The minimum atomic E-state index is -0.280. The number of rotatable bonds is 3. The van der Waals surface area contributed by atoms with Crippen molar-refractivity contribution in [2.24, 2.45) is 0 Å². The van der Waals surface area contributed by atoms with E-state index in [-0.39, 0.29) is 5.91 Å². The molecule has 1 N–H and O–H groups in total. The Labute approximate surface area is 135 Å². The lowest BCUT2D eigenvalue weighted by Gasteiger charge is -2.09. The van der Waals surface area contributed by atoms with E-state index in [0.717, 1.165) is 0 Å². The fourth-order valence-electron chi connectivity index (χ4n) is 1.60. The normalized spacial score (nSPS) is 10.2. The van der Waals surface area contributed by atoms with Crippen LogP contribution in [0.4, 0.5) is 5.69 Å². The summed E-state index contributed by atoms with van der Waals surface area (Å²) in [7, 11) is 1.56. The Morgan fingerprint density at radius 2 is 1.95 bits per heavy atom. The topological polar surface area (TPSA) is 38.3 Å². The zero-order valence-electron chi connectivity index (χ0n) is 10.4. The number of hydrogen-bond donors (Lipinski definition) is 1. The molecule has 0 saturated carbocycles. The molecule has 0 unspecified atom stereocenters. The molecule has 0 aliphatic rings. The number of methoxy groups -OCH3 is 1. The van der Waals surface area contributed by atoms with Crippen LogP contribution in [0.15, 0.2) is 40.9 Å². The van der Waals surface area contributed by atoms with Crippen molar-refractivity contribution in [2.45, 2.75) is 0 Å². The molecule has 0 aliphatic heterocycles. The van der Waals surface area contributed by atoms with Crippen molar-refractivity contribution in [3.05, 3.63) is 56.5 Å². The highest BCUT2D eigenvalue weighted by Crippen LogP contribution is 2.28. The van der Waals surface area contributed by atoms with E-state index < -0.39 is 0 Å². The predicted molar refractivity (Wildman–Crippen MR) is 85.1 cm³/mol. The largest absolute Gasteiger partial charge is 0.496 e. The number of hydrogen-bond acceptors (Lipinski definition) is 2. The second-order valence-electron chi connectivity index (χ2n) is 3.93. The maximum absolute atomic E-state index is 12.2. The summed E-state index contributed by atoms with van der Waals surface area (Å²) in [6.07, 6.45) is 0. The zero-order valence-corrected chi connectivity index (χ0v) is 13.5. The first-order chi connectivity index (χ1) is 9.51. The lowest BCUT2D eigenvalue weighted by Crippen LogP contribution is -2.12. The van der Waals surface area contributed by atoms with Crippen LogP contribution < -0.4 is 10.1 Å². The van der Waals surface area contributed by atoms with E-state index in [0.29, 0.717) is 31.5 Å². The van der Waals surface area contributed by atoms with Crippen LogP contribution in [0.2, 0.25) is 10.0 Å². The summed E-state index contributed by atoms with van der Waals surface area (Å²) in [5, 5.41) is 3.64. The van der Waals surface area contributed by atoms with Crippen molar-refractivity contribution in [1.29, 1.82) is 0 Å². The number of nitrogens with one attached hydrogen (secondary N) is 1. The highest BCUT2D eigenvalue weighted by molar-refractivity contribution is 9.10. The number of carbonyl (C=O) groups is 1. The van der Waals surface area contributed by atoms with Gasteiger partial charge in [0.05, 0.1) is 22.3 Å². The molecule has 6 heteroatoms. The molecule has 0 aromatic heterocycles. The third-order valence-corrected chi connectivity index (χ3v) is 3.77. The summed E-state index contributed by atoms with van der Waals surface area (Å²) in [5.74, 6) is 0.375. The first-order valence-electron chi connectivity index (χ1n) is 5.61. The van der Waals surface area contributed by atoms with E-state index in [2.05, 4.69) is 21.2 Å². The van der Waals surface area contributed by atoms with Crippen LogP contribution in [0, 0.1) is 0 Å². The van der Waals surface area contributed by atoms with Gasteiger partial charge >= 0.3 is 0 Å². The fraction of sp³-hybridized carbons (Fsp3) is 0.0714. The molecule has 1 amide bonds. The van der Waals surface area contributed by atoms with E-state index in [4.69, 9.17) is 27.9 Å². The van der Waals surface area contributed by atoms with Crippen molar-refractivity contribution in [2.75, 3.05) is 12.4 Å². The molecule has 104 valence electrons. The van der Waals surface area contributed by atoms with Gasteiger partial charge in [0.2, 0.25) is 0 Å². The molecule has 0 spiro atoms. The second kappa shape index (κ2) is 6.48. The molecule has 3 nitrogen and oxygen atoms in total. The van der Waals surface area contributed by atoms with Crippen LogP contribution in [0.25, 0.3) is 0 Å². The maximum Gasteiger partial charge on any atom is 0.255 e. The van der Waals surface area contributed by atoms with Gasteiger partial charge < -0.3 is 10.1 Å². The average molecular weight is 375 g/mol. The van der Waals surface area contributed by atoms with Crippen LogP contribution in [0.1, 0.15) is 10.4 Å². The van der Waals surface area contributed by atoms with Crippen molar-refractivity contribution in [1.82, 2.24) is 0 Å². The Hall–Kier alpha value is -1.23. The summed E-state index contributed by atoms with van der Waals surface area (Å²) in [6.45, 7) is 0. The van der Waals surface area contributed by atoms with Crippen LogP contribution in [0.5, 0.6) is 5.75 Å². The average Bonchev–Trinajstić information content (AvgIpc) is 2.42. The first kappa shape index (κ1) is 15.2. The van der Waals surface area contributed by atoms with Gasteiger partial charge in [0.1, 0.15) is 5.75 Å². The lowest BCUT2D eigenvalue weighted by molar-refractivity contribution is 0.102. The van der Waals surface area contributed by atoms with Crippen LogP contribution in [-0.4, -0.2) is 13.0 Å². The van der Waals surface area contributed by atoms with Gasteiger partial charge in [-0.25, -0.2) is 0 Å². The monoisotopic (exact) mass is 373 g/mol. The van der Waals surface area contributed by atoms with Gasteiger partial charge in [0, 0.05) is 10.6 Å². The van der Waals surface area contributed by atoms with Crippen molar-refractivity contribution in [3.8, 4) is 5.75 Å². The van der Waals surface area contributed by atoms with Gasteiger partial charge in [-0.15, -0.1) is 0 Å².